The van der Waals surface area contributed by atoms with E-state index in [0.29, 0.717) is 5.75 Å². The fourth-order valence-electron chi connectivity index (χ4n) is 2.15. The number of halogens is 1. The number of ketones is 1. The van der Waals surface area contributed by atoms with E-state index in [9.17, 15) is 21.6 Å². The van der Waals surface area contributed by atoms with Crippen LogP contribution in [0, 0.1) is 0 Å². The van der Waals surface area contributed by atoms with Crippen molar-refractivity contribution in [3.8, 4) is 11.5 Å². The van der Waals surface area contributed by atoms with Crippen LogP contribution in [0.2, 0.25) is 5.02 Å². The molecule has 0 amide bonds. The van der Waals surface area contributed by atoms with Gasteiger partial charge in [-0.05, 0) is 49.4 Å². The molecule has 2 aromatic carbocycles. The molecule has 0 spiro atoms. The van der Waals surface area contributed by atoms with Crippen LogP contribution in [-0.4, -0.2) is 40.7 Å². The molecule has 0 heterocycles. The lowest BCUT2D eigenvalue weighted by Gasteiger charge is -2.11. The van der Waals surface area contributed by atoms with Gasteiger partial charge in [0.2, 0.25) is 0 Å². The summed E-state index contributed by atoms with van der Waals surface area (Å²) in [6.45, 7) is 2.79. The molecule has 2 rings (SSSR count). The Labute approximate surface area is 169 Å². The monoisotopic (exact) mass is 446 g/mol. The van der Waals surface area contributed by atoms with Crippen LogP contribution >= 0.6 is 11.6 Å². The van der Waals surface area contributed by atoms with Crippen molar-refractivity contribution in [2.45, 2.75) is 18.7 Å². The van der Waals surface area contributed by atoms with Gasteiger partial charge < -0.3 is 8.92 Å². The van der Waals surface area contributed by atoms with Crippen molar-refractivity contribution in [2.75, 3.05) is 18.1 Å². The molecule has 28 heavy (non-hydrogen) atoms. The van der Waals surface area contributed by atoms with E-state index in [-0.39, 0.29) is 39.3 Å². The maximum atomic E-state index is 12.5. The standard InChI is InChI=1S/C18H19ClO7S2/c1-3-27(21,22)11-10-25-15-5-7-16(8-6-15)28(23,24)26-18-9-4-14(19)12-17(18)13(2)20/h4-9,12H,3,10-11H2,1-2H3. The molecule has 0 atom stereocenters. The quantitative estimate of drug-likeness (QED) is 0.430. The average molecular weight is 447 g/mol. The van der Waals surface area contributed by atoms with Crippen LogP contribution in [0.25, 0.3) is 0 Å². The zero-order chi connectivity index (χ0) is 20.9. The van der Waals surface area contributed by atoms with Gasteiger partial charge in [-0.2, -0.15) is 8.42 Å². The first-order chi connectivity index (χ1) is 13.0. The second-order valence-corrected chi connectivity index (χ2v) is 10.2. The van der Waals surface area contributed by atoms with Crippen LogP contribution in [0.4, 0.5) is 0 Å². The predicted molar refractivity (Wildman–Crippen MR) is 106 cm³/mol. The first-order valence-electron chi connectivity index (χ1n) is 8.22. The summed E-state index contributed by atoms with van der Waals surface area (Å²) in [7, 11) is -7.34. The zero-order valence-electron chi connectivity index (χ0n) is 15.2. The number of ether oxygens (including phenoxy) is 1. The topological polar surface area (TPSA) is 104 Å². The van der Waals surface area contributed by atoms with Gasteiger partial charge in [0, 0.05) is 10.8 Å². The van der Waals surface area contributed by atoms with Gasteiger partial charge in [-0.15, -0.1) is 0 Å². The fourth-order valence-corrected chi connectivity index (χ4v) is 3.90. The lowest BCUT2D eigenvalue weighted by atomic mass is 10.1. The van der Waals surface area contributed by atoms with Gasteiger partial charge >= 0.3 is 10.1 Å². The maximum absolute atomic E-state index is 12.5. The Hall–Kier alpha value is -2.10. The Morgan fingerprint density at radius 1 is 1.04 bits per heavy atom. The largest absolute Gasteiger partial charge is 0.493 e. The van der Waals surface area contributed by atoms with Crippen molar-refractivity contribution in [1.82, 2.24) is 0 Å². The normalized spacial score (nSPS) is 11.8. The SMILES string of the molecule is CCS(=O)(=O)CCOc1ccc(S(=O)(=O)Oc2ccc(Cl)cc2C(C)=O)cc1. The maximum Gasteiger partial charge on any atom is 0.339 e. The number of carbonyl (C=O) groups is 1. The highest BCUT2D eigenvalue weighted by molar-refractivity contribution is 7.91. The molecule has 0 aliphatic heterocycles. The minimum atomic E-state index is -4.19. The Morgan fingerprint density at radius 2 is 1.68 bits per heavy atom. The van der Waals surface area contributed by atoms with Gasteiger partial charge in [0.1, 0.15) is 17.3 Å². The molecule has 0 N–H and O–H groups in total. The molecule has 0 unspecified atom stereocenters. The molecule has 10 heteroatoms. The third kappa shape index (κ3) is 5.95. The summed E-state index contributed by atoms with van der Waals surface area (Å²) >= 11 is 5.84. The van der Waals surface area contributed by atoms with Crippen LogP contribution in [0.1, 0.15) is 24.2 Å². The zero-order valence-corrected chi connectivity index (χ0v) is 17.6. The van der Waals surface area contributed by atoms with E-state index in [0.717, 1.165) is 0 Å². The fraction of sp³-hybridized carbons (Fsp3) is 0.278. The smallest absolute Gasteiger partial charge is 0.339 e. The number of hydrogen-bond donors (Lipinski definition) is 0. The molecule has 2 aromatic rings. The van der Waals surface area contributed by atoms with Crippen LogP contribution in [0.5, 0.6) is 11.5 Å². The van der Waals surface area contributed by atoms with E-state index in [1.54, 1.807) is 6.92 Å². The highest BCUT2D eigenvalue weighted by Crippen LogP contribution is 2.27. The molecule has 0 aliphatic rings. The van der Waals surface area contributed by atoms with E-state index < -0.39 is 25.7 Å². The molecular formula is C18H19ClO7S2. The summed E-state index contributed by atoms with van der Waals surface area (Å²) in [5.41, 5.74) is 0.0492. The molecule has 7 nitrogen and oxygen atoms in total. The number of benzene rings is 2. The number of Topliss-reactive ketones (excluding diaryl/α,β-unsaturated/α-hetero) is 1. The van der Waals surface area contributed by atoms with Crippen LogP contribution in [0.3, 0.4) is 0 Å². The number of carbonyl (C=O) groups excluding carboxylic acids is 1. The van der Waals surface area contributed by atoms with E-state index in [1.807, 2.05) is 0 Å². The second kappa shape index (κ2) is 8.93. The summed E-state index contributed by atoms with van der Waals surface area (Å²) in [5.74, 6) is -0.295. The highest BCUT2D eigenvalue weighted by Gasteiger charge is 2.20. The van der Waals surface area contributed by atoms with Crippen molar-refractivity contribution in [3.05, 3.63) is 53.1 Å². The van der Waals surface area contributed by atoms with Gasteiger partial charge in [-0.25, -0.2) is 8.42 Å². The molecule has 0 saturated heterocycles. The Morgan fingerprint density at radius 3 is 2.25 bits per heavy atom. The van der Waals surface area contributed by atoms with Gasteiger partial charge in [0.25, 0.3) is 0 Å². The molecule has 0 bridgehead atoms. The summed E-state index contributed by atoms with van der Waals surface area (Å²) in [5, 5.41) is 0.279. The number of hydrogen-bond acceptors (Lipinski definition) is 7. The highest BCUT2D eigenvalue weighted by atomic mass is 35.5. The first kappa shape index (κ1) is 22.2. The van der Waals surface area contributed by atoms with Gasteiger partial charge in [-0.3, -0.25) is 4.79 Å². The van der Waals surface area contributed by atoms with E-state index >= 15 is 0 Å². The third-order valence-electron chi connectivity index (χ3n) is 3.74. The van der Waals surface area contributed by atoms with E-state index in [2.05, 4.69) is 0 Å². The summed E-state index contributed by atoms with van der Waals surface area (Å²) in [4.78, 5) is 11.5. The van der Waals surface area contributed by atoms with Crippen molar-refractivity contribution in [2.24, 2.45) is 0 Å². The minimum Gasteiger partial charge on any atom is -0.493 e. The average Bonchev–Trinajstić information content (AvgIpc) is 2.63. The van der Waals surface area contributed by atoms with Crippen LogP contribution < -0.4 is 8.92 Å². The molecule has 0 aliphatic carbocycles. The Balaban J connectivity index is 2.14. The Bertz CT molecular complexity index is 1060. The molecule has 0 saturated carbocycles. The summed E-state index contributed by atoms with van der Waals surface area (Å²) in [6, 6.07) is 9.37. The molecule has 0 radical (unpaired) electrons. The molecule has 0 fully saturated rings. The number of sulfone groups is 1. The van der Waals surface area contributed by atoms with Gasteiger partial charge in [0.15, 0.2) is 21.4 Å². The number of rotatable bonds is 9. The minimum absolute atomic E-state index is 0.0256. The predicted octanol–water partition coefficient (Wildman–Crippen LogP) is 3.12. The molecule has 0 aromatic heterocycles. The van der Waals surface area contributed by atoms with E-state index in [1.165, 1.54) is 49.4 Å². The van der Waals surface area contributed by atoms with E-state index in [4.69, 9.17) is 20.5 Å². The third-order valence-corrected chi connectivity index (χ3v) is 6.89. The second-order valence-electron chi connectivity index (χ2n) is 5.79. The van der Waals surface area contributed by atoms with Crippen LogP contribution in [0.15, 0.2) is 47.4 Å². The van der Waals surface area contributed by atoms with Gasteiger partial charge in [0.05, 0.1) is 11.3 Å². The van der Waals surface area contributed by atoms with Crippen molar-refractivity contribution in [1.29, 1.82) is 0 Å². The lowest BCUT2D eigenvalue weighted by Crippen LogP contribution is -2.15. The molecular weight excluding hydrogens is 428 g/mol. The molecule has 152 valence electrons. The van der Waals surface area contributed by atoms with Crippen molar-refractivity contribution >= 4 is 37.3 Å². The van der Waals surface area contributed by atoms with Crippen LogP contribution in [-0.2, 0) is 20.0 Å². The van der Waals surface area contributed by atoms with Crippen molar-refractivity contribution in [3.63, 3.8) is 0 Å². The Kier molecular flexibility index (Phi) is 7.08. The first-order valence-corrected chi connectivity index (χ1v) is 11.8. The lowest BCUT2D eigenvalue weighted by molar-refractivity contribution is 0.101. The van der Waals surface area contributed by atoms with Gasteiger partial charge in [-0.1, -0.05) is 18.5 Å². The summed E-state index contributed by atoms with van der Waals surface area (Å²) < 4.78 is 58.2. The summed E-state index contributed by atoms with van der Waals surface area (Å²) in [6.07, 6.45) is 0. The van der Waals surface area contributed by atoms with Crippen molar-refractivity contribution < 1.29 is 30.6 Å².